The van der Waals surface area contributed by atoms with E-state index in [1.54, 1.807) is 10.8 Å². The highest BCUT2D eigenvalue weighted by molar-refractivity contribution is 5.95. The number of nitrogens with one attached hydrogen (secondary N) is 1. The van der Waals surface area contributed by atoms with Crippen LogP contribution in [-0.2, 0) is 20.7 Å². The maximum atomic E-state index is 13.0. The minimum Gasteiger partial charge on any atom is -0.459 e. The number of ether oxygens (including phenoxy) is 2. The first kappa shape index (κ1) is 23.1. The normalized spacial score (nSPS) is 19.0. The van der Waals surface area contributed by atoms with Gasteiger partial charge in [-0.3, -0.25) is 14.7 Å². The zero-order chi connectivity index (χ0) is 23.1. The van der Waals surface area contributed by atoms with E-state index in [9.17, 15) is 9.59 Å². The number of carbonyl (C=O) groups excluding carboxylic acids is 2. The van der Waals surface area contributed by atoms with Gasteiger partial charge in [0.2, 0.25) is 0 Å². The molecule has 2 heterocycles. The van der Waals surface area contributed by atoms with Crippen LogP contribution in [0.1, 0.15) is 72.6 Å². The summed E-state index contributed by atoms with van der Waals surface area (Å²) in [5.41, 5.74) is 2.68. The van der Waals surface area contributed by atoms with Crippen LogP contribution in [0.3, 0.4) is 0 Å². The predicted molar refractivity (Wildman–Crippen MR) is 122 cm³/mol. The van der Waals surface area contributed by atoms with Crippen molar-refractivity contribution in [3.63, 3.8) is 0 Å². The van der Waals surface area contributed by atoms with Gasteiger partial charge in [-0.25, -0.2) is 4.79 Å². The Kier molecular flexibility index (Phi) is 6.07. The average Bonchev–Trinajstić information content (AvgIpc) is 2.88. The number of aromatic nitrogens is 1. The Morgan fingerprint density at radius 2 is 1.71 bits per heavy atom. The van der Waals surface area contributed by atoms with Crippen molar-refractivity contribution in [3.05, 3.63) is 47.2 Å². The molecule has 1 aliphatic rings. The molecular formula is C25H34N2O4. The summed E-state index contributed by atoms with van der Waals surface area (Å²) in [5, 5.41) is 4.45. The van der Waals surface area contributed by atoms with E-state index in [1.165, 1.54) is 0 Å². The second-order valence-electron chi connectivity index (χ2n) is 10.4. The van der Waals surface area contributed by atoms with Gasteiger partial charge in [-0.05, 0) is 72.6 Å². The standard InChI is InChI=1S/C25H34N2O4/c1-15(2)12-18-17-10-9-11-20-21(17)16(14-27(20)23(29)31-25(6,7)8)13-19(26-18)22(28)30-24(3,4)5/h9-12,14,18-19,26H,13H2,1-8H3/t18-,19-/m0/s1. The molecular weight excluding hydrogens is 392 g/mol. The van der Waals surface area contributed by atoms with Gasteiger partial charge in [-0.1, -0.05) is 23.8 Å². The third-order valence-corrected chi connectivity index (χ3v) is 4.86. The van der Waals surface area contributed by atoms with E-state index in [0.29, 0.717) is 6.42 Å². The number of esters is 1. The molecule has 0 spiro atoms. The zero-order valence-corrected chi connectivity index (χ0v) is 19.8. The monoisotopic (exact) mass is 426 g/mol. The van der Waals surface area contributed by atoms with E-state index in [2.05, 4.69) is 11.4 Å². The van der Waals surface area contributed by atoms with Gasteiger partial charge in [0.15, 0.2) is 0 Å². The predicted octanol–water partition coefficient (Wildman–Crippen LogP) is 5.29. The molecule has 1 N–H and O–H groups in total. The molecule has 1 aromatic carbocycles. The highest BCUT2D eigenvalue weighted by atomic mass is 16.6. The van der Waals surface area contributed by atoms with E-state index >= 15 is 0 Å². The van der Waals surface area contributed by atoms with E-state index < -0.39 is 23.3 Å². The number of allylic oxidation sites excluding steroid dienone is 1. The van der Waals surface area contributed by atoms with Gasteiger partial charge in [0, 0.05) is 18.0 Å². The summed E-state index contributed by atoms with van der Waals surface area (Å²) < 4.78 is 12.8. The molecule has 6 heteroatoms. The molecule has 2 atom stereocenters. The Balaban J connectivity index is 2.13. The van der Waals surface area contributed by atoms with E-state index in [4.69, 9.17) is 9.47 Å². The lowest BCUT2D eigenvalue weighted by molar-refractivity contribution is -0.157. The summed E-state index contributed by atoms with van der Waals surface area (Å²) in [6.07, 6.45) is 3.89. The molecule has 6 nitrogen and oxygen atoms in total. The van der Waals surface area contributed by atoms with E-state index in [-0.39, 0.29) is 12.0 Å². The summed E-state index contributed by atoms with van der Waals surface area (Å²) in [6.45, 7) is 15.2. The third kappa shape index (κ3) is 5.37. The second-order valence-corrected chi connectivity index (χ2v) is 10.4. The van der Waals surface area contributed by atoms with Gasteiger partial charge in [0.1, 0.15) is 17.2 Å². The van der Waals surface area contributed by atoms with Crippen molar-refractivity contribution in [2.45, 2.75) is 85.1 Å². The van der Waals surface area contributed by atoms with Crippen molar-refractivity contribution in [1.29, 1.82) is 0 Å². The first-order valence-electron chi connectivity index (χ1n) is 10.8. The lowest BCUT2D eigenvalue weighted by Crippen LogP contribution is -2.43. The Morgan fingerprint density at radius 1 is 1.06 bits per heavy atom. The van der Waals surface area contributed by atoms with Crippen LogP contribution in [0, 0.1) is 0 Å². The van der Waals surface area contributed by atoms with Crippen molar-refractivity contribution in [3.8, 4) is 0 Å². The Labute approximate surface area is 184 Å². The smallest absolute Gasteiger partial charge is 0.419 e. The molecule has 0 saturated heterocycles. The summed E-state index contributed by atoms with van der Waals surface area (Å²) in [6, 6.07) is 5.18. The number of nitrogens with zero attached hydrogens (tertiary/aromatic N) is 1. The van der Waals surface area contributed by atoms with Crippen LogP contribution >= 0.6 is 0 Å². The highest BCUT2D eigenvalue weighted by Gasteiger charge is 2.33. The molecule has 0 radical (unpaired) electrons. The van der Waals surface area contributed by atoms with Gasteiger partial charge in [0.05, 0.1) is 11.6 Å². The lowest BCUT2D eigenvalue weighted by Gasteiger charge is -2.26. The molecule has 2 aromatic rings. The fourth-order valence-electron chi connectivity index (χ4n) is 3.86. The van der Waals surface area contributed by atoms with Crippen LogP contribution < -0.4 is 5.32 Å². The molecule has 168 valence electrons. The Hall–Kier alpha value is -2.60. The number of hydrogen-bond acceptors (Lipinski definition) is 5. The van der Waals surface area contributed by atoms with Gasteiger partial charge in [-0.2, -0.15) is 0 Å². The average molecular weight is 427 g/mol. The minimum atomic E-state index is -0.603. The molecule has 1 aliphatic heterocycles. The fourth-order valence-corrected chi connectivity index (χ4v) is 3.86. The quantitative estimate of drug-likeness (QED) is 0.522. The largest absolute Gasteiger partial charge is 0.459 e. The van der Waals surface area contributed by atoms with Gasteiger partial charge < -0.3 is 9.47 Å². The fraction of sp³-hybridized carbons (Fsp3) is 0.520. The van der Waals surface area contributed by atoms with Crippen molar-refractivity contribution in [2.75, 3.05) is 0 Å². The molecule has 0 aliphatic carbocycles. The molecule has 0 fully saturated rings. The maximum Gasteiger partial charge on any atom is 0.419 e. The summed E-state index contributed by atoms with van der Waals surface area (Å²) in [7, 11) is 0. The van der Waals surface area contributed by atoms with E-state index in [1.807, 2.05) is 73.6 Å². The minimum absolute atomic E-state index is 0.179. The Bertz CT molecular complexity index is 1030. The van der Waals surface area contributed by atoms with Crippen LogP contribution in [0.2, 0.25) is 0 Å². The molecule has 31 heavy (non-hydrogen) atoms. The highest BCUT2D eigenvalue weighted by Crippen LogP contribution is 2.35. The number of rotatable bonds is 2. The van der Waals surface area contributed by atoms with Crippen molar-refractivity contribution < 1.29 is 19.1 Å². The maximum absolute atomic E-state index is 13.0. The van der Waals surface area contributed by atoms with Crippen molar-refractivity contribution in [2.24, 2.45) is 0 Å². The van der Waals surface area contributed by atoms with Crippen LogP contribution in [0.5, 0.6) is 0 Å². The van der Waals surface area contributed by atoms with Crippen LogP contribution in [-0.4, -0.2) is 33.9 Å². The third-order valence-electron chi connectivity index (χ3n) is 4.86. The first-order valence-corrected chi connectivity index (χ1v) is 10.8. The number of benzene rings is 1. The SMILES string of the molecule is CC(C)=C[C@@H]1N[C@H](C(=O)OC(C)(C)C)Cc2cn(C(=O)OC(C)(C)C)c3cccc1c23. The second kappa shape index (κ2) is 8.15. The molecule has 0 amide bonds. The van der Waals surface area contributed by atoms with Gasteiger partial charge >= 0.3 is 12.1 Å². The molecule has 0 unspecified atom stereocenters. The first-order chi connectivity index (χ1) is 14.2. The summed E-state index contributed by atoms with van der Waals surface area (Å²) in [5.74, 6) is -0.300. The molecule has 3 rings (SSSR count). The van der Waals surface area contributed by atoms with Crippen molar-refractivity contribution in [1.82, 2.24) is 9.88 Å². The lowest BCUT2D eigenvalue weighted by atomic mass is 9.99. The van der Waals surface area contributed by atoms with E-state index in [0.717, 1.165) is 27.6 Å². The molecule has 0 saturated carbocycles. The molecule has 0 bridgehead atoms. The number of carbonyl (C=O) groups is 2. The van der Waals surface area contributed by atoms with Crippen LogP contribution in [0.4, 0.5) is 4.79 Å². The summed E-state index contributed by atoms with van der Waals surface area (Å²) in [4.78, 5) is 25.9. The van der Waals surface area contributed by atoms with Crippen LogP contribution in [0.25, 0.3) is 10.9 Å². The van der Waals surface area contributed by atoms with Gasteiger partial charge in [-0.15, -0.1) is 0 Å². The summed E-state index contributed by atoms with van der Waals surface area (Å²) >= 11 is 0. The van der Waals surface area contributed by atoms with Crippen LogP contribution in [0.15, 0.2) is 36.0 Å². The molecule has 1 aromatic heterocycles. The Morgan fingerprint density at radius 3 is 2.29 bits per heavy atom. The zero-order valence-electron chi connectivity index (χ0n) is 19.8. The topological polar surface area (TPSA) is 69.6 Å². The number of hydrogen-bond donors (Lipinski definition) is 1. The van der Waals surface area contributed by atoms with Crippen molar-refractivity contribution >= 4 is 23.0 Å². The van der Waals surface area contributed by atoms with Gasteiger partial charge in [0.25, 0.3) is 0 Å².